The number of anilines is 1. The molecule has 0 unspecified atom stereocenters. The SMILES string of the molecule is CCOC(=O)CN(C)C(=O)Cn1c(=O)c2cc(F)c(NC3CCCCC3)cc2n(C(CC)CC)c1=O. The van der Waals surface area contributed by atoms with Crippen molar-refractivity contribution in [1.29, 1.82) is 0 Å². The van der Waals surface area contributed by atoms with Gasteiger partial charge in [-0.2, -0.15) is 0 Å². The molecule has 1 aromatic heterocycles. The summed E-state index contributed by atoms with van der Waals surface area (Å²) < 4.78 is 22.4. The van der Waals surface area contributed by atoms with Crippen LogP contribution in [-0.4, -0.2) is 52.2 Å². The van der Waals surface area contributed by atoms with Gasteiger partial charge in [-0.1, -0.05) is 33.1 Å². The Balaban J connectivity index is 2.08. The van der Waals surface area contributed by atoms with Crippen molar-refractivity contribution in [1.82, 2.24) is 14.0 Å². The normalized spacial score (nSPS) is 14.3. The quantitative estimate of drug-likeness (QED) is 0.498. The molecule has 36 heavy (non-hydrogen) atoms. The number of ether oxygens (including phenoxy) is 1. The molecule has 0 bridgehead atoms. The predicted molar refractivity (Wildman–Crippen MR) is 137 cm³/mol. The summed E-state index contributed by atoms with van der Waals surface area (Å²) in [6, 6.07) is 2.61. The summed E-state index contributed by atoms with van der Waals surface area (Å²) in [5, 5.41) is 3.30. The van der Waals surface area contributed by atoms with E-state index in [-0.39, 0.29) is 36.3 Å². The predicted octanol–water partition coefficient (Wildman–Crippen LogP) is 3.43. The highest BCUT2D eigenvalue weighted by atomic mass is 19.1. The van der Waals surface area contributed by atoms with Gasteiger partial charge in [0.25, 0.3) is 5.56 Å². The van der Waals surface area contributed by atoms with Crippen LogP contribution in [0, 0.1) is 5.82 Å². The largest absolute Gasteiger partial charge is 0.465 e. The maximum Gasteiger partial charge on any atom is 0.332 e. The van der Waals surface area contributed by atoms with Crippen LogP contribution in [0.25, 0.3) is 10.9 Å². The topological polar surface area (TPSA) is 103 Å². The third-order valence-corrected chi connectivity index (χ3v) is 6.92. The highest BCUT2D eigenvalue weighted by Gasteiger charge is 2.24. The molecular weight excluding hydrogens is 467 g/mol. The molecule has 0 aliphatic heterocycles. The van der Waals surface area contributed by atoms with Crippen molar-refractivity contribution in [2.45, 2.75) is 84.3 Å². The Hall–Kier alpha value is -3.17. The van der Waals surface area contributed by atoms with Crippen molar-refractivity contribution in [2.24, 2.45) is 0 Å². The van der Waals surface area contributed by atoms with E-state index in [4.69, 9.17) is 4.74 Å². The minimum Gasteiger partial charge on any atom is -0.465 e. The molecule has 3 rings (SSSR count). The number of likely N-dealkylation sites (N-methyl/N-ethyl adjacent to an activating group) is 1. The van der Waals surface area contributed by atoms with Crippen LogP contribution in [0.15, 0.2) is 21.7 Å². The van der Waals surface area contributed by atoms with Crippen molar-refractivity contribution < 1.29 is 18.7 Å². The van der Waals surface area contributed by atoms with Crippen LogP contribution in [0.4, 0.5) is 10.1 Å². The molecule has 1 fully saturated rings. The van der Waals surface area contributed by atoms with Gasteiger partial charge in [0.1, 0.15) is 18.9 Å². The summed E-state index contributed by atoms with van der Waals surface area (Å²) >= 11 is 0. The average molecular weight is 505 g/mol. The summed E-state index contributed by atoms with van der Waals surface area (Å²) in [7, 11) is 1.40. The summed E-state index contributed by atoms with van der Waals surface area (Å²) in [4.78, 5) is 52.6. The molecule has 1 N–H and O–H groups in total. The molecule has 1 aromatic carbocycles. The smallest absolute Gasteiger partial charge is 0.332 e. The number of carbonyl (C=O) groups excluding carboxylic acids is 2. The van der Waals surface area contributed by atoms with Gasteiger partial charge < -0.3 is 15.0 Å². The molecular formula is C26H37FN4O5. The lowest BCUT2D eigenvalue weighted by Crippen LogP contribution is -2.45. The number of carbonyl (C=O) groups is 2. The molecule has 0 spiro atoms. The molecule has 1 aliphatic carbocycles. The lowest BCUT2D eigenvalue weighted by molar-refractivity contribution is -0.148. The first-order valence-corrected chi connectivity index (χ1v) is 12.9. The third kappa shape index (κ3) is 5.96. The van der Waals surface area contributed by atoms with Gasteiger partial charge >= 0.3 is 11.7 Å². The van der Waals surface area contributed by atoms with Crippen molar-refractivity contribution in [2.75, 3.05) is 25.5 Å². The molecule has 9 nitrogen and oxygen atoms in total. The van der Waals surface area contributed by atoms with E-state index < -0.39 is 35.5 Å². The minimum absolute atomic E-state index is 0.0361. The Morgan fingerprint density at radius 1 is 1.14 bits per heavy atom. The zero-order valence-electron chi connectivity index (χ0n) is 21.6. The number of amides is 1. The van der Waals surface area contributed by atoms with Gasteiger partial charge in [-0.3, -0.25) is 23.5 Å². The number of halogens is 1. The van der Waals surface area contributed by atoms with E-state index in [2.05, 4.69) is 5.32 Å². The van der Waals surface area contributed by atoms with Gasteiger partial charge in [0.2, 0.25) is 5.91 Å². The highest BCUT2D eigenvalue weighted by molar-refractivity contribution is 5.84. The second-order valence-electron chi connectivity index (χ2n) is 9.40. The maximum absolute atomic E-state index is 15.2. The van der Waals surface area contributed by atoms with Crippen LogP contribution in [0.5, 0.6) is 0 Å². The molecule has 1 amide bonds. The number of esters is 1. The molecule has 0 saturated heterocycles. The van der Waals surface area contributed by atoms with Gasteiger partial charge in [-0.25, -0.2) is 9.18 Å². The lowest BCUT2D eigenvalue weighted by Gasteiger charge is -2.25. The van der Waals surface area contributed by atoms with E-state index in [0.29, 0.717) is 18.4 Å². The Labute approximate surface area is 210 Å². The third-order valence-electron chi connectivity index (χ3n) is 6.92. The number of hydrogen-bond donors (Lipinski definition) is 1. The fourth-order valence-electron chi connectivity index (χ4n) is 4.87. The van der Waals surface area contributed by atoms with Crippen molar-refractivity contribution in [3.63, 3.8) is 0 Å². The first-order valence-electron chi connectivity index (χ1n) is 12.9. The number of rotatable bonds is 10. The molecule has 1 aliphatic rings. The first kappa shape index (κ1) is 27.4. The van der Waals surface area contributed by atoms with Crippen molar-refractivity contribution in [3.05, 3.63) is 38.8 Å². The summed E-state index contributed by atoms with van der Waals surface area (Å²) in [5.74, 6) is -1.76. The lowest BCUT2D eigenvalue weighted by atomic mass is 9.95. The Kier molecular flexibility index (Phi) is 9.28. The van der Waals surface area contributed by atoms with E-state index in [1.165, 1.54) is 18.0 Å². The van der Waals surface area contributed by atoms with Crippen LogP contribution < -0.4 is 16.6 Å². The second kappa shape index (κ2) is 12.2. The Morgan fingerprint density at radius 3 is 2.42 bits per heavy atom. The number of nitrogens with zero attached hydrogens (tertiary/aromatic N) is 3. The number of hydrogen-bond acceptors (Lipinski definition) is 6. The van der Waals surface area contributed by atoms with Gasteiger partial charge in [0.05, 0.1) is 23.2 Å². The van der Waals surface area contributed by atoms with Crippen LogP contribution in [-0.2, 0) is 20.9 Å². The van der Waals surface area contributed by atoms with E-state index in [0.717, 1.165) is 41.2 Å². The summed E-state index contributed by atoms with van der Waals surface area (Å²) in [6.45, 7) is 4.84. The Bertz CT molecular complexity index is 1210. The second-order valence-corrected chi connectivity index (χ2v) is 9.40. The zero-order valence-corrected chi connectivity index (χ0v) is 21.6. The monoisotopic (exact) mass is 504 g/mol. The van der Waals surface area contributed by atoms with E-state index in [9.17, 15) is 19.2 Å². The van der Waals surface area contributed by atoms with E-state index >= 15 is 4.39 Å². The molecule has 1 saturated carbocycles. The minimum atomic E-state index is -0.738. The molecule has 0 atom stereocenters. The summed E-state index contributed by atoms with van der Waals surface area (Å²) in [5.41, 5.74) is -0.745. The molecule has 1 heterocycles. The van der Waals surface area contributed by atoms with Gasteiger partial charge in [-0.15, -0.1) is 0 Å². The number of nitrogens with one attached hydrogen (secondary N) is 1. The maximum atomic E-state index is 15.2. The van der Waals surface area contributed by atoms with Crippen LogP contribution >= 0.6 is 0 Å². The molecule has 0 radical (unpaired) electrons. The number of fused-ring (bicyclic) bond motifs is 1. The van der Waals surface area contributed by atoms with Gasteiger partial charge in [0.15, 0.2) is 0 Å². The summed E-state index contributed by atoms with van der Waals surface area (Å²) in [6.07, 6.45) is 6.44. The fourth-order valence-corrected chi connectivity index (χ4v) is 4.87. The Morgan fingerprint density at radius 2 is 1.81 bits per heavy atom. The van der Waals surface area contributed by atoms with Crippen molar-refractivity contribution >= 4 is 28.5 Å². The van der Waals surface area contributed by atoms with Crippen LogP contribution in [0.3, 0.4) is 0 Å². The van der Waals surface area contributed by atoms with Crippen LogP contribution in [0.1, 0.15) is 71.8 Å². The number of aromatic nitrogens is 2. The van der Waals surface area contributed by atoms with E-state index in [1.54, 1.807) is 13.0 Å². The van der Waals surface area contributed by atoms with Gasteiger partial charge in [0, 0.05) is 19.1 Å². The highest BCUT2D eigenvalue weighted by Crippen LogP contribution is 2.27. The zero-order chi connectivity index (χ0) is 26.4. The van der Waals surface area contributed by atoms with Crippen molar-refractivity contribution in [3.8, 4) is 0 Å². The fraction of sp³-hybridized carbons (Fsp3) is 0.615. The first-order chi connectivity index (χ1) is 17.2. The van der Waals surface area contributed by atoms with E-state index in [1.807, 2.05) is 13.8 Å². The van der Waals surface area contributed by atoms with Gasteiger partial charge in [-0.05, 0) is 44.7 Å². The number of benzene rings is 1. The molecule has 2 aromatic rings. The molecule has 198 valence electrons. The average Bonchev–Trinajstić information content (AvgIpc) is 2.86. The molecule has 10 heteroatoms. The standard InChI is InChI=1S/C26H37FN4O5/c1-5-18(6-2)31-22-14-21(28-17-11-9-8-10-12-17)20(27)13-19(22)25(34)30(26(31)35)15-23(32)29(4)16-24(33)36-7-3/h13-14,17-18,28H,5-12,15-16H2,1-4H3. The van der Waals surface area contributed by atoms with Crippen LogP contribution in [0.2, 0.25) is 0 Å².